The van der Waals surface area contributed by atoms with E-state index in [9.17, 15) is 0 Å². The first-order valence-corrected chi connectivity index (χ1v) is 5.58. The average Bonchev–Trinajstić information content (AvgIpc) is 2.30. The summed E-state index contributed by atoms with van der Waals surface area (Å²) in [6.07, 6.45) is 0. The second kappa shape index (κ2) is 3.35. The molecule has 0 N–H and O–H groups in total. The molecule has 1 aliphatic rings. The smallest absolute Gasteiger partial charge is 0.234 e. The first-order valence-electron chi connectivity index (χ1n) is 4.77. The Morgan fingerprint density at radius 3 is 1.80 bits per heavy atom. The van der Waals surface area contributed by atoms with E-state index >= 15 is 0 Å². The minimum Gasteiger partial charge on any atom is -0.396 e. The molecule has 2 radical (unpaired) electrons. The standard InChI is InChI=1S/C12H8BNS/c13-14-9-5-1-3-7-11(9)15-12-8-4-2-6-10(12)14/h1-8H. The Hall–Kier alpha value is -1.35. The van der Waals surface area contributed by atoms with Crippen LogP contribution in [0.5, 0.6) is 0 Å². The summed E-state index contributed by atoms with van der Waals surface area (Å²) in [7, 11) is 6.08. The van der Waals surface area contributed by atoms with E-state index < -0.39 is 0 Å². The maximum absolute atomic E-state index is 6.08. The summed E-state index contributed by atoms with van der Waals surface area (Å²) in [4.78, 5) is 4.17. The Kier molecular flexibility index (Phi) is 1.99. The second-order valence-electron chi connectivity index (χ2n) is 3.41. The molecule has 0 spiro atoms. The summed E-state index contributed by atoms with van der Waals surface area (Å²) in [5.41, 5.74) is 2.14. The fraction of sp³-hybridized carbons (Fsp3) is 0. The van der Waals surface area contributed by atoms with Crippen LogP contribution in [0.4, 0.5) is 11.4 Å². The third-order valence-electron chi connectivity index (χ3n) is 2.47. The third-order valence-corrected chi connectivity index (χ3v) is 3.60. The van der Waals surface area contributed by atoms with E-state index in [4.69, 9.17) is 7.98 Å². The maximum Gasteiger partial charge on any atom is 0.234 e. The van der Waals surface area contributed by atoms with Crippen LogP contribution in [0.3, 0.4) is 0 Å². The normalized spacial score (nSPS) is 13.2. The summed E-state index contributed by atoms with van der Waals surface area (Å²) in [5, 5.41) is 0. The van der Waals surface area contributed by atoms with Crippen molar-refractivity contribution in [2.24, 2.45) is 0 Å². The van der Waals surface area contributed by atoms with Crippen molar-refractivity contribution in [3.8, 4) is 0 Å². The van der Waals surface area contributed by atoms with Crippen LogP contribution in [0, 0.1) is 0 Å². The zero-order chi connectivity index (χ0) is 10.3. The summed E-state index contributed by atoms with van der Waals surface area (Å²) < 4.78 is 0. The Bertz CT molecular complexity index is 467. The van der Waals surface area contributed by atoms with Crippen molar-refractivity contribution in [1.82, 2.24) is 0 Å². The van der Waals surface area contributed by atoms with Crippen molar-refractivity contribution in [2.45, 2.75) is 9.79 Å². The number of fused-ring (bicyclic) bond motifs is 2. The van der Waals surface area contributed by atoms with E-state index in [0.29, 0.717) is 0 Å². The minimum absolute atomic E-state index is 1.07. The number of benzene rings is 2. The maximum atomic E-state index is 6.08. The van der Waals surface area contributed by atoms with Crippen molar-refractivity contribution in [1.29, 1.82) is 0 Å². The predicted octanol–water partition coefficient (Wildman–Crippen LogP) is 3.37. The topological polar surface area (TPSA) is 3.24 Å². The van der Waals surface area contributed by atoms with E-state index in [2.05, 4.69) is 12.1 Å². The van der Waals surface area contributed by atoms with Gasteiger partial charge >= 0.3 is 0 Å². The van der Waals surface area contributed by atoms with Gasteiger partial charge in [0, 0.05) is 21.2 Å². The van der Waals surface area contributed by atoms with Crippen LogP contribution in [0.2, 0.25) is 0 Å². The van der Waals surface area contributed by atoms with E-state index in [1.54, 1.807) is 16.6 Å². The summed E-state index contributed by atoms with van der Waals surface area (Å²) in [6, 6.07) is 16.4. The van der Waals surface area contributed by atoms with Crippen LogP contribution in [0.25, 0.3) is 0 Å². The molecule has 0 amide bonds. The van der Waals surface area contributed by atoms with Gasteiger partial charge in [-0.05, 0) is 24.3 Å². The molecule has 70 valence electrons. The molecule has 0 aliphatic carbocycles. The fourth-order valence-corrected chi connectivity index (χ4v) is 2.81. The van der Waals surface area contributed by atoms with Crippen LogP contribution in [0.15, 0.2) is 58.3 Å². The molecule has 0 atom stereocenters. The molecular formula is C12H8BNS. The van der Waals surface area contributed by atoms with Gasteiger partial charge in [0.05, 0.1) is 0 Å². The summed E-state index contributed by atoms with van der Waals surface area (Å²) in [6.45, 7) is 0. The van der Waals surface area contributed by atoms with Gasteiger partial charge in [0.2, 0.25) is 7.98 Å². The van der Waals surface area contributed by atoms with Crippen LogP contribution in [-0.2, 0) is 0 Å². The molecule has 0 saturated heterocycles. The summed E-state index contributed by atoms with van der Waals surface area (Å²) in [5.74, 6) is 0. The number of hydrogen-bond acceptors (Lipinski definition) is 2. The lowest BCUT2D eigenvalue weighted by Crippen LogP contribution is -2.16. The molecule has 1 aliphatic heterocycles. The second-order valence-corrected chi connectivity index (χ2v) is 4.49. The number of para-hydroxylation sites is 2. The van der Waals surface area contributed by atoms with Gasteiger partial charge in [-0.1, -0.05) is 36.0 Å². The lowest BCUT2D eigenvalue weighted by molar-refractivity contribution is 1.24. The molecule has 1 heterocycles. The van der Waals surface area contributed by atoms with Gasteiger partial charge < -0.3 is 4.81 Å². The highest BCUT2D eigenvalue weighted by molar-refractivity contribution is 7.99. The predicted molar refractivity (Wildman–Crippen MR) is 64.9 cm³/mol. The van der Waals surface area contributed by atoms with Crippen molar-refractivity contribution in [2.75, 3.05) is 4.81 Å². The van der Waals surface area contributed by atoms with E-state index in [1.807, 2.05) is 36.4 Å². The molecule has 1 nitrogen and oxygen atoms in total. The van der Waals surface area contributed by atoms with Crippen molar-refractivity contribution < 1.29 is 0 Å². The molecule has 2 aromatic carbocycles. The largest absolute Gasteiger partial charge is 0.396 e. The van der Waals surface area contributed by atoms with Crippen molar-refractivity contribution >= 4 is 31.1 Å². The van der Waals surface area contributed by atoms with Gasteiger partial charge in [-0.3, -0.25) is 0 Å². The molecule has 0 aromatic heterocycles. The highest BCUT2D eigenvalue weighted by atomic mass is 32.2. The highest BCUT2D eigenvalue weighted by Gasteiger charge is 2.18. The van der Waals surface area contributed by atoms with Crippen LogP contribution in [-0.4, -0.2) is 7.98 Å². The fourth-order valence-electron chi connectivity index (χ4n) is 1.73. The molecule has 0 fully saturated rings. The summed E-state index contributed by atoms with van der Waals surface area (Å²) >= 11 is 1.76. The zero-order valence-electron chi connectivity index (χ0n) is 8.05. The Morgan fingerprint density at radius 2 is 1.27 bits per heavy atom. The lowest BCUT2D eigenvalue weighted by atomic mass is 10.1. The van der Waals surface area contributed by atoms with E-state index in [1.165, 1.54) is 9.79 Å². The van der Waals surface area contributed by atoms with Gasteiger partial charge in [0.25, 0.3) is 0 Å². The van der Waals surface area contributed by atoms with Gasteiger partial charge in [0.15, 0.2) is 0 Å². The first-order chi connectivity index (χ1) is 7.36. The number of hydrogen-bond donors (Lipinski definition) is 0. The number of anilines is 2. The molecule has 0 saturated carbocycles. The van der Waals surface area contributed by atoms with Gasteiger partial charge in [-0.15, -0.1) is 0 Å². The molecule has 15 heavy (non-hydrogen) atoms. The Balaban J connectivity index is 2.20. The number of rotatable bonds is 0. The van der Waals surface area contributed by atoms with Crippen molar-refractivity contribution in [3.05, 3.63) is 48.5 Å². The zero-order valence-corrected chi connectivity index (χ0v) is 8.87. The van der Waals surface area contributed by atoms with E-state index in [-0.39, 0.29) is 0 Å². The molecule has 0 bridgehead atoms. The van der Waals surface area contributed by atoms with Gasteiger partial charge in [-0.25, -0.2) is 0 Å². The lowest BCUT2D eigenvalue weighted by Gasteiger charge is -2.29. The number of nitrogens with zero attached hydrogens (tertiary/aromatic N) is 1. The van der Waals surface area contributed by atoms with Gasteiger partial charge in [-0.2, -0.15) is 0 Å². The minimum atomic E-state index is 1.07. The Morgan fingerprint density at radius 1 is 0.800 bits per heavy atom. The molecule has 0 unspecified atom stereocenters. The monoisotopic (exact) mass is 209 g/mol. The van der Waals surface area contributed by atoms with E-state index in [0.717, 1.165) is 11.4 Å². The first kappa shape index (κ1) is 8.92. The third kappa shape index (κ3) is 1.35. The van der Waals surface area contributed by atoms with Crippen LogP contribution >= 0.6 is 11.8 Å². The molecule has 3 heteroatoms. The SMILES string of the molecule is [B]N1c2ccccc2Sc2ccccc21. The highest BCUT2D eigenvalue weighted by Crippen LogP contribution is 2.46. The van der Waals surface area contributed by atoms with Crippen LogP contribution in [0.1, 0.15) is 0 Å². The van der Waals surface area contributed by atoms with Crippen molar-refractivity contribution in [3.63, 3.8) is 0 Å². The average molecular weight is 209 g/mol. The van der Waals surface area contributed by atoms with Crippen LogP contribution < -0.4 is 4.81 Å². The Labute approximate surface area is 94.5 Å². The van der Waals surface area contributed by atoms with Gasteiger partial charge in [0.1, 0.15) is 0 Å². The molecule has 2 aromatic rings. The molecular weight excluding hydrogens is 201 g/mol. The quantitative estimate of drug-likeness (QED) is 0.612. The molecule has 3 rings (SSSR count).